The molecule has 1 unspecified atom stereocenters. The molecule has 0 aliphatic carbocycles. The molecule has 8 heteroatoms. The highest BCUT2D eigenvalue weighted by Gasteiger charge is 2.36. The van der Waals surface area contributed by atoms with E-state index in [0.29, 0.717) is 13.1 Å². The van der Waals surface area contributed by atoms with Gasteiger partial charge in [-0.1, -0.05) is 11.6 Å². The van der Waals surface area contributed by atoms with E-state index in [1.807, 2.05) is 0 Å². The van der Waals surface area contributed by atoms with Crippen molar-refractivity contribution in [1.29, 1.82) is 0 Å². The van der Waals surface area contributed by atoms with E-state index >= 15 is 0 Å². The van der Waals surface area contributed by atoms with Crippen molar-refractivity contribution in [3.8, 4) is 0 Å². The third-order valence-corrected chi connectivity index (χ3v) is 6.95. The van der Waals surface area contributed by atoms with E-state index in [-0.39, 0.29) is 21.5 Å². The van der Waals surface area contributed by atoms with E-state index in [4.69, 9.17) is 11.6 Å². The minimum absolute atomic E-state index is 0.000900. The molecule has 2 fully saturated rings. The Bertz CT molecular complexity index is 692. The fourth-order valence-electron chi connectivity index (χ4n) is 3.24. The summed E-state index contributed by atoms with van der Waals surface area (Å²) in [7, 11) is -3.69. The lowest BCUT2D eigenvalue weighted by Gasteiger charge is -2.32. The second-order valence-electron chi connectivity index (χ2n) is 6.12. The van der Waals surface area contributed by atoms with Crippen molar-refractivity contribution in [3.63, 3.8) is 0 Å². The van der Waals surface area contributed by atoms with E-state index < -0.39 is 15.8 Å². The number of rotatable bonds is 3. The topological polar surface area (TPSA) is 52.7 Å². The number of piperazine rings is 1. The fraction of sp³-hybridized carbons (Fsp3) is 0.600. The lowest BCUT2D eigenvalue weighted by Crippen LogP contribution is -2.49. The molecular formula is C15H21ClFN3O2S. The Kier molecular flexibility index (Phi) is 4.94. The number of halogens is 2. The molecule has 3 rings (SSSR count). The maximum Gasteiger partial charge on any atom is 0.244 e. The van der Waals surface area contributed by atoms with Gasteiger partial charge in [0.2, 0.25) is 10.0 Å². The molecule has 2 aliphatic heterocycles. The number of sulfonamides is 1. The van der Waals surface area contributed by atoms with Crippen LogP contribution >= 0.6 is 11.6 Å². The summed E-state index contributed by atoms with van der Waals surface area (Å²) in [6.45, 7) is 6.24. The smallest absolute Gasteiger partial charge is 0.244 e. The summed E-state index contributed by atoms with van der Waals surface area (Å²) in [5.74, 6) is -0.492. The highest BCUT2D eigenvalue weighted by Crippen LogP contribution is 2.30. The van der Waals surface area contributed by atoms with Gasteiger partial charge in [0.05, 0.1) is 5.02 Å². The van der Waals surface area contributed by atoms with Crippen molar-refractivity contribution in [2.75, 3.05) is 39.3 Å². The zero-order valence-corrected chi connectivity index (χ0v) is 14.6. The Morgan fingerprint density at radius 3 is 2.65 bits per heavy atom. The number of nitrogens with zero attached hydrogens (tertiary/aromatic N) is 2. The second kappa shape index (κ2) is 6.64. The molecule has 2 saturated heterocycles. The Morgan fingerprint density at radius 1 is 1.26 bits per heavy atom. The van der Waals surface area contributed by atoms with E-state index in [9.17, 15) is 12.8 Å². The van der Waals surface area contributed by atoms with Crippen molar-refractivity contribution < 1.29 is 12.8 Å². The highest BCUT2D eigenvalue weighted by molar-refractivity contribution is 7.89. The summed E-state index contributed by atoms with van der Waals surface area (Å²) < 4.78 is 40.7. The number of aryl methyl sites for hydroxylation is 1. The molecule has 1 N–H and O–H groups in total. The van der Waals surface area contributed by atoms with Crippen molar-refractivity contribution in [2.45, 2.75) is 24.3 Å². The standard InChI is InChI=1S/C15H21ClFN3O2S/c1-11-8-15(13(16)9-14(11)17)23(21,22)20-5-2-12(10-20)19-6-3-18-4-7-19/h8-9,12,18H,2-7,10H2,1H3. The molecule has 23 heavy (non-hydrogen) atoms. The van der Waals surface area contributed by atoms with Crippen molar-refractivity contribution >= 4 is 21.6 Å². The van der Waals surface area contributed by atoms with Crippen LogP contribution in [0.25, 0.3) is 0 Å². The van der Waals surface area contributed by atoms with E-state index in [2.05, 4.69) is 10.2 Å². The van der Waals surface area contributed by atoms with Gasteiger partial charge in [-0.3, -0.25) is 4.90 Å². The van der Waals surface area contributed by atoms with E-state index in [0.717, 1.165) is 38.7 Å². The summed E-state index contributed by atoms with van der Waals surface area (Å²) >= 11 is 5.99. The molecule has 1 aromatic carbocycles. The minimum Gasteiger partial charge on any atom is -0.314 e. The van der Waals surface area contributed by atoms with Gasteiger partial charge in [-0.05, 0) is 31.0 Å². The molecule has 2 heterocycles. The van der Waals surface area contributed by atoms with Crippen molar-refractivity contribution in [3.05, 3.63) is 28.5 Å². The second-order valence-corrected chi connectivity index (χ2v) is 8.44. The molecular weight excluding hydrogens is 341 g/mol. The van der Waals surface area contributed by atoms with Crippen LogP contribution in [0.1, 0.15) is 12.0 Å². The maximum atomic E-state index is 13.5. The van der Waals surface area contributed by atoms with E-state index in [1.165, 1.54) is 17.3 Å². The van der Waals surface area contributed by atoms with Crippen LogP contribution in [0.2, 0.25) is 5.02 Å². The Hall–Kier alpha value is -0.730. The molecule has 2 aliphatic rings. The summed E-state index contributed by atoms with van der Waals surface area (Å²) in [4.78, 5) is 2.34. The molecule has 0 radical (unpaired) electrons. The van der Waals surface area contributed by atoms with Gasteiger partial charge in [-0.2, -0.15) is 4.31 Å². The molecule has 1 atom stereocenters. The average molecular weight is 362 g/mol. The van der Waals surface area contributed by atoms with Gasteiger partial charge in [0, 0.05) is 45.3 Å². The number of benzene rings is 1. The molecule has 0 spiro atoms. The van der Waals surface area contributed by atoms with Gasteiger partial charge in [0.1, 0.15) is 10.7 Å². The SMILES string of the molecule is Cc1cc(S(=O)(=O)N2CCC(N3CCNCC3)C2)c(Cl)cc1F. The van der Waals surface area contributed by atoms with E-state index in [1.54, 1.807) is 0 Å². The van der Waals surface area contributed by atoms with Crippen LogP contribution in [0.4, 0.5) is 4.39 Å². The normalized spacial score (nSPS) is 24.2. The molecule has 0 bridgehead atoms. The van der Waals surface area contributed by atoms with Crippen LogP contribution in [0.5, 0.6) is 0 Å². The minimum atomic E-state index is -3.69. The third-order valence-electron chi connectivity index (χ3n) is 4.63. The van der Waals surface area contributed by atoms with Crippen LogP contribution in [0.3, 0.4) is 0 Å². The fourth-order valence-corrected chi connectivity index (χ4v) is 5.31. The van der Waals surface area contributed by atoms with Crippen LogP contribution in [0, 0.1) is 12.7 Å². The summed E-state index contributed by atoms with van der Waals surface area (Å²) in [5.41, 5.74) is 0.283. The lowest BCUT2D eigenvalue weighted by molar-refractivity contribution is 0.179. The molecule has 0 saturated carbocycles. The van der Waals surface area contributed by atoms with Gasteiger partial charge in [-0.25, -0.2) is 12.8 Å². The zero-order valence-electron chi connectivity index (χ0n) is 13.1. The van der Waals surface area contributed by atoms with Gasteiger partial charge in [-0.15, -0.1) is 0 Å². The monoisotopic (exact) mass is 361 g/mol. The summed E-state index contributed by atoms with van der Waals surface area (Å²) in [6, 6.07) is 2.64. The van der Waals surface area contributed by atoms with Crippen LogP contribution in [-0.4, -0.2) is 62.9 Å². The largest absolute Gasteiger partial charge is 0.314 e. The van der Waals surface area contributed by atoms with Crippen LogP contribution < -0.4 is 5.32 Å². The van der Waals surface area contributed by atoms with Gasteiger partial charge >= 0.3 is 0 Å². The Labute approximate surface area is 141 Å². The summed E-state index contributed by atoms with van der Waals surface area (Å²) in [5, 5.41) is 3.24. The molecule has 128 valence electrons. The quantitative estimate of drug-likeness (QED) is 0.885. The first-order chi connectivity index (χ1) is 10.9. The third kappa shape index (κ3) is 3.39. The van der Waals surface area contributed by atoms with Gasteiger partial charge in [0.25, 0.3) is 0 Å². The zero-order chi connectivity index (χ0) is 16.6. The molecule has 5 nitrogen and oxygen atoms in total. The van der Waals surface area contributed by atoms with Crippen LogP contribution in [-0.2, 0) is 10.0 Å². The predicted molar refractivity (Wildman–Crippen MR) is 87.8 cm³/mol. The first-order valence-corrected chi connectivity index (χ1v) is 9.62. The Morgan fingerprint density at radius 2 is 1.96 bits per heavy atom. The van der Waals surface area contributed by atoms with Gasteiger partial charge in [0.15, 0.2) is 0 Å². The van der Waals surface area contributed by atoms with Gasteiger partial charge < -0.3 is 5.32 Å². The maximum absolute atomic E-state index is 13.5. The Balaban J connectivity index is 1.80. The summed E-state index contributed by atoms with van der Waals surface area (Å²) in [6.07, 6.45) is 0.816. The first kappa shape index (κ1) is 17.1. The molecule has 0 aromatic heterocycles. The lowest BCUT2D eigenvalue weighted by atomic mass is 10.2. The number of hydrogen-bond donors (Lipinski definition) is 1. The predicted octanol–water partition coefficient (Wildman–Crippen LogP) is 1.46. The van der Waals surface area contributed by atoms with Crippen LogP contribution in [0.15, 0.2) is 17.0 Å². The van der Waals surface area contributed by atoms with Crippen molar-refractivity contribution in [2.24, 2.45) is 0 Å². The number of hydrogen-bond acceptors (Lipinski definition) is 4. The number of nitrogens with one attached hydrogen (secondary N) is 1. The molecule has 0 amide bonds. The van der Waals surface area contributed by atoms with Crippen molar-refractivity contribution in [1.82, 2.24) is 14.5 Å². The molecule has 1 aromatic rings. The average Bonchev–Trinajstić information content (AvgIpc) is 3.02. The first-order valence-electron chi connectivity index (χ1n) is 7.80. The highest BCUT2D eigenvalue weighted by atomic mass is 35.5.